The molecule has 0 saturated heterocycles. The van der Waals surface area contributed by atoms with Crippen LogP contribution in [0.2, 0.25) is 0 Å². The maximum atomic E-state index is 9.83. The van der Waals surface area contributed by atoms with Crippen LogP contribution in [0.5, 0.6) is 0 Å². The van der Waals surface area contributed by atoms with Crippen molar-refractivity contribution in [1.82, 2.24) is 0 Å². The van der Waals surface area contributed by atoms with Gasteiger partial charge in [-0.3, -0.25) is 0 Å². The fourth-order valence-electron chi connectivity index (χ4n) is 7.25. The maximum absolute atomic E-state index is 9.83. The highest BCUT2D eigenvalue weighted by Gasteiger charge is 2.46. The zero-order chi connectivity index (χ0) is 31.8. The van der Waals surface area contributed by atoms with E-state index in [2.05, 4.69) is 157 Å². The van der Waals surface area contributed by atoms with Crippen LogP contribution in [-0.2, 0) is 5.41 Å². The number of fused-ring (bicyclic) bond motifs is 3. The standard InChI is InChI=1S/C43H32BNO2/c46-44(47)35-22-26-37(27-23-35)45(36-24-20-32(21-25-36)31-12-4-1-5-13-31)38-28-29-40-39-18-10-11-19-41(39)43(42(40)30-38,33-14-6-2-7-15-33)34-16-8-3-9-17-34/h1-30,46-47H. The lowest BCUT2D eigenvalue weighted by molar-refractivity contribution is 0.426. The number of rotatable bonds is 7. The lowest BCUT2D eigenvalue weighted by Gasteiger charge is -2.35. The van der Waals surface area contributed by atoms with E-state index >= 15 is 0 Å². The summed E-state index contributed by atoms with van der Waals surface area (Å²) in [7, 11) is -1.53. The first kappa shape index (κ1) is 28.8. The Bertz CT molecular complexity index is 2110. The molecule has 0 spiro atoms. The highest BCUT2D eigenvalue weighted by atomic mass is 16.4. The van der Waals surface area contributed by atoms with E-state index < -0.39 is 12.5 Å². The summed E-state index contributed by atoms with van der Waals surface area (Å²) in [6.45, 7) is 0. The Labute approximate surface area is 275 Å². The molecule has 0 aromatic heterocycles. The topological polar surface area (TPSA) is 43.7 Å². The Balaban J connectivity index is 1.36. The second-order valence-electron chi connectivity index (χ2n) is 12.0. The summed E-state index contributed by atoms with van der Waals surface area (Å²) in [4.78, 5) is 2.24. The molecule has 4 heteroatoms. The van der Waals surface area contributed by atoms with E-state index in [0.717, 1.165) is 28.2 Å². The molecule has 0 bridgehead atoms. The van der Waals surface area contributed by atoms with E-state index in [1.54, 1.807) is 12.1 Å². The fraction of sp³-hybridized carbons (Fsp3) is 0.0233. The third kappa shape index (κ3) is 4.87. The Morgan fingerprint density at radius 3 is 1.47 bits per heavy atom. The number of nitrogens with zero attached hydrogens (tertiary/aromatic N) is 1. The monoisotopic (exact) mass is 605 g/mol. The van der Waals surface area contributed by atoms with Crippen LogP contribution in [-0.4, -0.2) is 17.2 Å². The van der Waals surface area contributed by atoms with Crippen LogP contribution in [0.25, 0.3) is 22.3 Å². The van der Waals surface area contributed by atoms with Crippen molar-refractivity contribution in [1.29, 1.82) is 0 Å². The normalized spacial score (nSPS) is 12.6. The van der Waals surface area contributed by atoms with Gasteiger partial charge in [-0.1, -0.05) is 146 Å². The Hall–Kier alpha value is -5.68. The third-order valence-corrected chi connectivity index (χ3v) is 9.38. The van der Waals surface area contributed by atoms with Crippen molar-refractivity contribution in [2.75, 3.05) is 4.90 Å². The summed E-state index contributed by atoms with van der Waals surface area (Å²) in [5.41, 5.74) is 12.6. The van der Waals surface area contributed by atoms with E-state index in [0.29, 0.717) is 5.46 Å². The summed E-state index contributed by atoms with van der Waals surface area (Å²) >= 11 is 0. The highest BCUT2D eigenvalue weighted by Crippen LogP contribution is 2.57. The zero-order valence-electron chi connectivity index (χ0n) is 25.7. The summed E-state index contributed by atoms with van der Waals surface area (Å²) in [6, 6.07) is 63.6. The minimum Gasteiger partial charge on any atom is -0.423 e. The molecule has 0 fully saturated rings. The van der Waals surface area contributed by atoms with E-state index in [1.165, 1.54) is 33.4 Å². The predicted molar refractivity (Wildman–Crippen MR) is 194 cm³/mol. The van der Waals surface area contributed by atoms with Crippen molar-refractivity contribution < 1.29 is 10.0 Å². The molecule has 2 N–H and O–H groups in total. The van der Waals surface area contributed by atoms with Gasteiger partial charge in [-0.15, -0.1) is 0 Å². The average molecular weight is 606 g/mol. The van der Waals surface area contributed by atoms with Gasteiger partial charge in [0.1, 0.15) is 0 Å². The van der Waals surface area contributed by atoms with Crippen molar-refractivity contribution in [3.8, 4) is 22.3 Å². The van der Waals surface area contributed by atoms with Crippen LogP contribution in [0, 0.1) is 0 Å². The van der Waals surface area contributed by atoms with Crippen LogP contribution in [0.3, 0.4) is 0 Å². The Morgan fingerprint density at radius 2 is 0.872 bits per heavy atom. The molecule has 0 radical (unpaired) electrons. The third-order valence-electron chi connectivity index (χ3n) is 9.38. The minimum absolute atomic E-state index is 0.449. The SMILES string of the molecule is OB(O)c1ccc(N(c2ccc(-c3ccccc3)cc2)c2ccc3c(c2)C(c2ccccc2)(c2ccccc2)c2ccccc2-3)cc1. The molecular formula is C43H32BNO2. The van der Waals surface area contributed by atoms with E-state index in [4.69, 9.17) is 0 Å². The van der Waals surface area contributed by atoms with Gasteiger partial charge in [-0.2, -0.15) is 0 Å². The first-order chi connectivity index (χ1) is 23.1. The number of hydrogen-bond acceptors (Lipinski definition) is 3. The Morgan fingerprint density at radius 1 is 0.404 bits per heavy atom. The minimum atomic E-state index is -1.53. The quantitative estimate of drug-likeness (QED) is 0.179. The smallest absolute Gasteiger partial charge is 0.423 e. The molecule has 7 aromatic carbocycles. The summed E-state index contributed by atoms with van der Waals surface area (Å²) in [5, 5.41) is 19.7. The molecule has 0 atom stereocenters. The first-order valence-electron chi connectivity index (χ1n) is 15.9. The molecule has 0 aliphatic heterocycles. The van der Waals surface area contributed by atoms with Crippen molar-refractivity contribution in [2.45, 2.75) is 5.41 Å². The van der Waals surface area contributed by atoms with Crippen LogP contribution in [0.4, 0.5) is 17.1 Å². The van der Waals surface area contributed by atoms with E-state index in [1.807, 2.05) is 18.2 Å². The summed E-state index contributed by atoms with van der Waals surface area (Å²) in [5.74, 6) is 0. The van der Waals surface area contributed by atoms with Crippen LogP contribution in [0.1, 0.15) is 22.3 Å². The summed E-state index contributed by atoms with van der Waals surface area (Å²) < 4.78 is 0. The van der Waals surface area contributed by atoms with Crippen molar-refractivity contribution >= 4 is 29.6 Å². The molecule has 47 heavy (non-hydrogen) atoms. The molecular weight excluding hydrogens is 573 g/mol. The molecule has 0 amide bonds. The van der Waals surface area contributed by atoms with Crippen LogP contribution >= 0.6 is 0 Å². The lowest BCUT2D eigenvalue weighted by atomic mass is 9.67. The van der Waals surface area contributed by atoms with Crippen LogP contribution < -0.4 is 10.4 Å². The van der Waals surface area contributed by atoms with Gasteiger partial charge in [0.25, 0.3) is 0 Å². The Kier molecular flexibility index (Phi) is 7.30. The van der Waals surface area contributed by atoms with Gasteiger partial charge in [0.15, 0.2) is 0 Å². The van der Waals surface area contributed by atoms with Gasteiger partial charge in [0.05, 0.1) is 5.41 Å². The molecule has 7 aromatic rings. The highest BCUT2D eigenvalue weighted by molar-refractivity contribution is 6.58. The van der Waals surface area contributed by atoms with Crippen molar-refractivity contribution in [3.63, 3.8) is 0 Å². The molecule has 0 unspecified atom stereocenters. The molecule has 1 aliphatic carbocycles. The van der Waals surface area contributed by atoms with E-state index in [9.17, 15) is 10.0 Å². The average Bonchev–Trinajstić information content (AvgIpc) is 3.44. The van der Waals surface area contributed by atoms with Gasteiger partial charge >= 0.3 is 7.12 Å². The molecule has 8 rings (SSSR count). The van der Waals surface area contributed by atoms with Gasteiger partial charge in [0.2, 0.25) is 0 Å². The van der Waals surface area contributed by atoms with Crippen molar-refractivity contribution in [2.24, 2.45) is 0 Å². The molecule has 0 heterocycles. The van der Waals surface area contributed by atoms with E-state index in [-0.39, 0.29) is 0 Å². The van der Waals surface area contributed by atoms with Crippen molar-refractivity contribution in [3.05, 3.63) is 204 Å². The van der Waals surface area contributed by atoms with Gasteiger partial charge in [0, 0.05) is 17.1 Å². The second-order valence-corrected chi connectivity index (χ2v) is 12.0. The number of anilines is 3. The molecule has 224 valence electrons. The lowest BCUT2D eigenvalue weighted by Crippen LogP contribution is -2.29. The summed E-state index contributed by atoms with van der Waals surface area (Å²) in [6.07, 6.45) is 0. The predicted octanol–water partition coefficient (Wildman–Crippen LogP) is 8.87. The van der Waals surface area contributed by atoms with Gasteiger partial charge < -0.3 is 14.9 Å². The van der Waals surface area contributed by atoms with Gasteiger partial charge in [-0.05, 0) is 86.4 Å². The number of benzene rings is 7. The zero-order valence-corrected chi connectivity index (χ0v) is 25.7. The van der Waals surface area contributed by atoms with Gasteiger partial charge in [-0.25, -0.2) is 0 Å². The first-order valence-corrected chi connectivity index (χ1v) is 15.9. The molecule has 3 nitrogen and oxygen atoms in total. The largest absolute Gasteiger partial charge is 0.488 e. The number of hydrogen-bond donors (Lipinski definition) is 2. The molecule has 0 saturated carbocycles. The maximum Gasteiger partial charge on any atom is 0.488 e. The second kappa shape index (κ2) is 11.9. The fourth-order valence-corrected chi connectivity index (χ4v) is 7.25. The molecule has 1 aliphatic rings. The van der Waals surface area contributed by atoms with Crippen LogP contribution in [0.15, 0.2) is 182 Å².